The Morgan fingerprint density at radius 3 is 2.69 bits per heavy atom. The van der Waals surface area contributed by atoms with Crippen LogP contribution in [-0.4, -0.2) is 42.4 Å². The Kier molecular flexibility index (Phi) is 5.90. The largest absolute Gasteiger partial charge is 0.491 e. The molecule has 2 aromatic carbocycles. The van der Waals surface area contributed by atoms with Gasteiger partial charge >= 0.3 is 0 Å². The normalized spacial score (nSPS) is 16.5. The van der Waals surface area contributed by atoms with Crippen LogP contribution in [0.15, 0.2) is 33.9 Å². The van der Waals surface area contributed by atoms with Gasteiger partial charge in [0, 0.05) is 13.1 Å². The van der Waals surface area contributed by atoms with E-state index < -0.39 is 17.0 Å². The molecule has 0 bridgehead atoms. The Balaban J connectivity index is 1.45. The van der Waals surface area contributed by atoms with E-state index in [0.29, 0.717) is 5.75 Å². The van der Waals surface area contributed by atoms with Crippen LogP contribution in [0.4, 0.5) is 11.4 Å². The second-order valence-corrected chi connectivity index (χ2v) is 6.78. The highest BCUT2D eigenvalue weighted by Crippen LogP contribution is 2.18. The van der Waals surface area contributed by atoms with Crippen molar-refractivity contribution in [3.05, 3.63) is 50.3 Å². The fourth-order valence-corrected chi connectivity index (χ4v) is 3.17. The maximum Gasteiger partial charge on any atom is 0.253 e. The molecule has 26 heavy (non-hydrogen) atoms. The molecule has 0 amide bonds. The molecule has 0 radical (unpaired) electrons. The summed E-state index contributed by atoms with van der Waals surface area (Å²) >= 11 is 0. The number of nitrogens with two attached hydrogens (primary N) is 1. The SMILES string of the molecule is Nc1c(NCC(O)COc2cccc(CN3CCCCC3)c2)c(=O)c1=O. The summed E-state index contributed by atoms with van der Waals surface area (Å²) in [5.74, 6) is 0.701. The van der Waals surface area contributed by atoms with Crippen molar-refractivity contribution in [3.63, 3.8) is 0 Å². The molecule has 0 saturated carbocycles. The number of nitrogens with zero attached hydrogens (tertiary/aromatic N) is 1. The van der Waals surface area contributed by atoms with Gasteiger partial charge in [0.15, 0.2) is 0 Å². The third-order valence-corrected chi connectivity index (χ3v) is 4.66. The zero-order chi connectivity index (χ0) is 18.5. The summed E-state index contributed by atoms with van der Waals surface area (Å²) < 4.78 is 5.65. The van der Waals surface area contributed by atoms with Gasteiger partial charge in [0.1, 0.15) is 29.8 Å². The molecule has 7 heteroatoms. The predicted molar refractivity (Wildman–Crippen MR) is 101 cm³/mol. The van der Waals surface area contributed by atoms with Gasteiger partial charge < -0.3 is 20.9 Å². The maximum atomic E-state index is 11.3. The van der Waals surface area contributed by atoms with Gasteiger partial charge in [-0.1, -0.05) is 18.6 Å². The van der Waals surface area contributed by atoms with Gasteiger partial charge in [0.25, 0.3) is 10.9 Å². The fourth-order valence-electron chi connectivity index (χ4n) is 3.17. The molecule has 2 aromatic rings. The molecule has 1 aliphatic heterocycles. The van der Waals surface area contributed by atoms with E-state index in [-0.39, 0.29) is 24.5 Å². The van der Waals surface area contributed by atoms with Crippen molar-refractivity contribution in [1.29, 1.82) is 0 Å². The number of nitrogens with one attached hydrogen (secondary N) is 1. The van der Waals surface area contributed by atoms with Crippen molar-refractivity contribution in [2.45, 2.75) is 31.9 Å². The average molecular weight is 359 g/mol. The lowest BCUT2D eigenvalue weighted by Crippen LogP contribution is -2.39. The van der Waals surface area contributed by atoms with Crippen molar-refractivity contribution in [1.82, 2.24) is 4.90 Å². The van der Waals surface area contributed by atoms with E-state index in [1.807, 2.05) is 18.2 Å². The van der Waals surface area contributed by atoms with Crippen LogP contribution in [0.2, 0.25) is 0 Å². The van der Waals surface area contributed by atoms with Gasteiger partial charge in [0.2, 0.25) is 0 Å². The highest BCUT2D eigenvalue weighted by molar-refractivity contribution is 5.71. The number of hydrogen-bond acceptors (Lipinski definition) is 7. The molecule has 0 spiro atoms. The van der Waals surface area contributed by atoms with Gasteiger partial charge in [-0.2, -0.15) is 0 Å². The van der Waals surface area contributed by atoms with Crippen LogP contribution in [0.5, 0.6) is 5.75 Å². The molecule has 7 nitrogen and oxygen atoms in total. The number of benzene rings is 1. The Morgan fingerprint density at radius 2 is 1.96 bits per heavy atom. The lowest BCUT2D eigenvalue weighted by Gasteiger charge is -2.26. The fraction of sp³-hybridized carbons (Fsp3) is 0.474. The van der Waals surface area contributed by atoms with Crippen molar-refractivity contribution in [3.8, 4) is 5.75 Å². The zero-order valence-corrected chi connectivity index (χ0v) is 14.7. The Labute approximate surface area is 152 Å². The quantitative estimate of drug-likeness (QED) is 0.596. The number of rotatable bonds is 8. The maximum absolute atomic E-state index is 11.3. The first-order chi connectivity index (χ1) is 12.5. The lowest BCUT2D eigenvalue weighted by molar-refractivity contribution is 0.117. The predicted octanol–water partition coefficient (Wildman–Crippen LogP) is 0.702. The molecule has 1 unspecified atom stereocenters. The smallest absolute Gasteiger partial charge is 0.253 e. The van der Waals surface area contributed by atoms with Crippen LogP contribution in [0.3, 0.4) is 0 Å². The number of likely N-dealkylation sites (tertiary alicyclic amines) is 1. The number of piperidine rings is 1. The third kappa shape index (κ3) is 4.42. The van der Waals surface area contributed by atoms with E-state index in [9.17, 15) is 14.7 Å². The van der Waals surface area contributed by atoms with Crippen molar-refractivity contribution in [2.75, 3.05) is 37.3 Å². The summed E-state index contributed by atoms with van der Waals surface area (Å²) in [5.41, 5.74) is 5.31. The molecule has 140 valence electrons. The Bertz CT molecular complexity index is 807. The number of aliphatic hydroxyl groups excluding tert-OH is 1. The van der Waals surface area contributed by atoms with E-state index in [1.54, 1.807) is 0 Å². The van der Waals surface area contributed by atoms with Gasteiger partial charge in [-0.25, -0.2) is 0 Å². The monoisotopic (exact) mass is 359 g/mol. The Morgan fingerprint density at radius 1 is 1.19 bits per heavy atom. The summed E-state index contributed by atoms with van der Waals surface area (Å²) in [5, 5.41) is 12.7. The van der Waals surface area contributed by atoms with Gasteiger partial charge in [-0.15, -0.1) is 0 Å². The first-order valence-corrected chi connectivity index (χ1v) is 8.99. The summed E-state index contributed by atoms with van der Waals surface area (Å²) in [6.45, 7) is 3.34. The van der Waals surface area contributed by atoms with Crippen molar-refractivity contribution >= 4 is 11.4 Å². The van der Waals surface area contributed by atoms with Crippen LogP contribution in [-0.2, 0) is 6.54 Å². The summed E-state index contributed by atoms with van der Waals surface area (Å²) in [7, 11) is 0. The van der Waals surface area contributed by atoms with E-state index in [1.165, 1.54) is 24.8 Å². The lowest BCUT2D eigenvalue weighted by atomic mass is 10.1. The molecule has 3 rings (SSSR count). The molecule has 1 atom stereocenters. The molecule has 1 saturated heterocycles. The van der Waals surface area contributed by atoms with Gasteiger partial charge in [-0.3, -0.25) is 14.5 Å². The van der Waals surface area contributed by atoms with E-state index in [2.05, 4.69) is 16.3 Å². The number of nitrogen functional groups attached to an aromatic ring is 1. The number of ether oxygens (including phenoxy) is 1. The third-order valence-electron chi connectivity index (χ3n) is 4.66. The van der Waals surface area contributed by atoms with Gasteiger partial charge in [0.05, 0.1) is 0 Å². The summed E-state index contributed by atoms with van der Waals surface area (Å²) in [6, 6.07) is 7.87. The highest BCUT2D eigenvalue weighted by atomic mass is 16.5. The minimum Gasteiger partial charge on any atom is -0.491 e. The average Bonchev–Trinajstić information content (AvgIpc) is 2.67. The van der Waals surface area contributed by atoms with E-state index in [4.69, 9.17) is 10.5 Å². The van der Waals surface area contributed by atoms with Gasteiger partial charge in [-0.05, 0) is 43.6 Å². The standard InChI is InChI=1S/C19H25N3O4/c20-16-17(19(25)18(16)24)21-10-14(23)12-26-15-6-4-5-13(9-15)11-22-7-2-1-3-8-22/h4-6,9,14,21,23H,1-3,7-8,10-12,20H2. The zero-order valence-electron chi connectivity index (χ0n) is 14.7. The molecular weight excluding hydrogens is 334 g/mol. The molecule has 1 heterocycles. The van der Waals surface area contributed by atoms with Crippen LogP contribution < -0.4 is 26.6 Å². The van der Waals surface area contributed by atoms with Crippen LogP contribution in [0.25, 0.3) is 0 Å². The molecule has 4 N–H and O–H groups in total. The summed E-state index contributed by atoms with van der Waals surface area (Å²) in [4.78, 5) is 24.8. The van der Waals surface area contributed by atoms with E-state index >= 15 is 0 Å². The molecule has 0 aromatic heterocycles. The number of aliphatic hydroxyl groups is 1. The second-order valence-electron chi connectivity index (χ2n) is 6.78. The number of hydrogen-bond donors (Lipinski definition) is 3. The summed E-state index contributed by atoms with van der Waals surface area (Å²) in [6.07, 6.45) is 2.99. The molecule has 1 fully saturated rings. The minimum atomic E-state index is -0.829. The minimum absolute atomic E-state index is 0.0754. The molecule has 1 aliphatic rings. The second kappa shape index (κ2) is 8.33. The van der Waals surface area contributed by atoms with Crippen LogP contribution in [0.1, 0.15) is 24.8 Å². The van der Waals surface area contributed by atoms with Crippen molar-refractivity contribution in [2.24, 2.45) is 0 Å². The first-order valence-electron chi connectivity index (χ1n) is 8.99. The van der Waals surface area contributed by atoms with Crippen LogP contribution >= 0.6 is 0 Å². The van der Waals surface area contributed by atoms with Crippen LogP contribution in [0, 0.1) is 0 Å². The highest BCUT2D eigenvalue weighted by Gasteiger charge is 2.18. The molecular formula is C19H25N3O4. The topological polar surface area (TPSA) is 105 Å². The number of anilines is 2. The first kappa shape index (κ1) is 18.4. The van der Waals surface area contributed by atoms with Crippen molar-refractivity contribution < 1.29 is 9.84 Å². The Hall–Kier alpha value is -2.38. The molecule has 0 aliphatic carbocycles. The van der Waals surface area contributed by atoms with E-state index in [0.717, 1.165) is 19.6 Å².